The number of benzene rings is 2. The topological polar surface area (TPSA) is 74.6 Å². The highest BCUT2D eigenvalue weighted by Crippen LogP contribution is 2.33. The van der Waals surface area contributed by atoms with Gasteiger partial charge in [0, 0.05) is 19.2 Å². The molecular weight excluding hydrogens is 358 g/mol. The van der Waals surface area contributed by atoms with Crippen LogP contribution in [0.4, 0.5) is 0 Å². The van der Waals surface area contributed by atoms with E-state index in [2.05, 4.69) is 10.4 Å². The zero-order valence-electron chi connectivity index (χ0n) is 16.0. The van der Waals surface area contributed by atoms with E-state index >= 15 is 0 Å². The van der Waals surface area contributed by atoms with E-state index in [1.54, 1.807) is 17.9 Å². The molecule has 0 unspecified atom stereocenters. The fraction of sp³-hybridized carbons (Fsp3) is 0.238. The van der Waals surface area contributed by atoms with Gasteiger partial charge in [-0.15, -0.1) is 0 Å². The lowest BCUT2D eigenvalue weighted by Crippen LogP contribution is -2.23. The van der Waals surface area contributed by atoms with E-state index in [4.69, 9.17) is 14.2 Å². The fourth-order valence-electron chi connectivity index (χ4n) is 3.18. The van der Waals surface area contributed by atoms with Crippen molar-refractivity contribution in [3.05, 3.63) is 59.3 Å². The van der Waals surface area contributed by atoms with Crippen LogP contribution in [0.25, 0.3) is 11.3 Å². The first-order valence-corrected chi connectivity index (χ1v) is 8.91. The van der Waals surface area contributed by atoms with Gasteiger partial charge in [0.25, 0.3) is 5.91 Å². The number of aromatic nitrogens is 2. The SMILES string of the molecule is COc1ccc(C)cc1-c1cc(C(=O)NCc2ccc3c(c2)OCO3)nn1C. The quantitative estimate of drug-likeness (QED) is 0.737. The van der Waals surface area contributed by atoms with Crippen LogP contribution in [0.1, 0.15) is 21.6 Å². The summed E-state index contributed by atoms with van der Waals surface area (Å²) in [5, 5.41) is 7.26. The summed E-state index contributed by atoms with van der Waals surface area (Å²) in [6.07, 6.45) is 0. The third-order valence-electron chi connectivity index (χ3n) is 4.63. The number of hydrogen-bond acceptors (Lipinski definition) is 5. The standard InChI is InChI=1S/C21H21N3O4/c1-13-4-6-18(26-3)15(8-13)17-10-16(23-24(17)2)21(25)22-11-14-5-7-19-20(9-14)28-12-27-19/h4-10H,11-12H2,1-3H3,(H,22,25). The lowest BCUT2D eigenvalue weighted by Gasteiger charge is -2.09. The summed E-state index contributed by atoms with van der Waals surface area (Å²) in [6.45, 7) is 2.61. The van der Waals surface area contributed by atoms with Gasteiger partial charge in [-0.25, -0.2) is 0 Å². The van der Waals surface area contributed by atoms with Gasteiger partial charge in [0.05, 0.1) is 12.8 Å². The largest absolute Gasteiger partial charge is 0.496 e. The van der Waals surface area contributed by atoms with Gasteiger partial charge in [-0.1, -0.05) is 17.7 Å². The van der Waals surface area contributed by atoms with Gasteiger partial charge < -0.3 is 19.5 Å². The van der Waals surface area contributed by atoms with E-state index in [0.29, 0.717) is 18.0 Å². The molecule has 0 fully saturated rings. The summed E-state index contributed by atoms with van der Waals surface area (Å²) < 4.78 is 17.8. The maximum atomic E-state index is 12.6. The molecule has 3 aromatic rings. The van der Waals surface area contributed by atoms with Crippen LogP contribution < -0.4 is 19.5 Å². The Hall–Kier alpha value is -3.48. The van der Waals surface area contributed by atoms with Crippen molar-refractivity contribution in [1.82, 2.24) is 15.1 Å². The number of ether oxygens (including phenoxy) is 3. The molecule has 1 aromatic heterocycles. The minimum absolute atomic E-state index is 0.226. The van der Waals surface area contributed by atoms with Crippen LogP contribution >= 0.6 is 0 Å². The molecule has 0 saturated carbocycles. The second kappa shape index (κ2) is 7.26. The van der Waals surface area contributed by atoms with E-state index < -0.39 is 0 Å². The van der Waals surface area contributed by atoms with E-state index in [1.807, 2.05) is 50.4 Å². The molecule has 0 aliphatic carbocycles. The van der Waals surface area contributed by atoms with E-state index in [9.17, 15) is 4.79 Å². The number of nitrogens with one attached hydrogen (secondary N) is 1. The molecule has 1 N–H and O–H groups in total. The van der Waals surface area contributed by atoms with Crippen LogP contribution in [-0.4, -0.2) is 29.6 Å². The van der Waals surface area contributed by atoms with Crippen molar-refractivity contribution in [3.8, 4) is 28.5 Å². The highest BCUT2D eigenvalue weighted by Gasteiger charge is 2.17. The minimum atomic E-state index is -0.244. The number of aryl methyl sites for hydroxylation is 2. The van der Waals surface area contributed by atoms with Gasteiger partial charge in [-0.05, 0) is 42.8 Å². The molecule has 4 rings (SSSR count). The Labute approximate surface area is 162 Å². The molecule has 7 heteroatoms. The molecule has 2 heterocycles. The number of carbonyl (C=O) groups is 1. The van der Waals surface area contributed by atoms with Crippen molar-refractivity contribution in [3.63, 3.8) is 0 Å². The monoisotopic (exact) mass is 379 g/mol. The smallest absolute Gasteiger partial charge is 0.272 e. The highest BCUT2D eigenvalue weighted by molar-refractivity contribution is 5.93. The van der Waals surface area contributed by atoms with Crippen LogP contribution in [0.5, 0.6) is 17.2 Å². The fourth-order valence-corrected chi connectivity index (χ4v) is 3.18. The minimum Gasteiger partial charge on any atom is -0.496 e. The molecule has 0 radical (unpaired) electrons. The number of fused-ring (bicyclic) bond motifs is 1. The average Bonchev–Trinajstić information content (AvgIpc) is 3.32. The molecule has 28 heavy (non-hydrogen) atoms. The van der Waals surface area contributed by atoms with Crippen LogP contribution in [-0.2, 0) is 13.6 Å². The van der Waals surface area contributed by atoms with Gasteiger partial charge in [-0.3, -0.25) is 9.48 Å². The Bertz CT molecular complexity index is 1040. The average molecular weight is 379 g/mol. The summed E-state index contributed by atoms with van der Waals surface area (Å²) in [7, 11) is 3.44. The normalized spacial score (nSPS) is 12.1. The molecule has 1 amide bonds. The molecule has 144 valence electrons. The summed E-state index contributed by atoms with van der Waals surface area (Å²) in [5.41, 5.74) is 4.09. The number of methoxy groups -OCH3 is 1. The molecule has 0 spiro atoms. The Morgan fingerprint density at radius 3 is 2.82 bits per heavy atom. The van der Waals surface area contributed by atoms with Crippen molar-refractivity contribution in [1.29, 1.82) is 0 Å². The highest BCUT2D eigenvalue weighted by atomic mass is 16.7. The predicted molar refractivity (Wildman–Crippen MR) is 104 cm³/mol. The van der Waals surface area contributed by atoms with Crippen molar-refractivity contribution >= 4 is 5.91 Å². The first kappa shape index (κ1) is 17.9. The van der Waals surface area contributed by atoms with Crippen LogP contribution in [0.15, 0.2) is 42.5 Å². The second-order valence-corrected chi connectivity index (χ2v) is 6.61. The number of carbonyl (C=O) groups excluding carboxylic acids is 1. The third-order valence-corrected chi connectivity index (χ3v) is 4.63. The molecule has 0 saturated heterocycles. The summed E-state index contributed by atoms with van der Waals surface area (Å²) in [5.74, 6) is 1.90. The lowest BCUT2D eigenvalue weighted by atomic mass is 10.1. The summed E-state index contributed by atoms with van der Waals surface area (Å²) in [4.78, 5) is 12.6. The maximum absolute atomic E-state index is 12.6. The summed E-state index contributed by atoms with van der Waals surface area (Å²) in [6, 6.07) is 13.3. The first-order chi connectivity index (χ1) is 13.5. The molecule has 2 aromatic carbocycles. The number of hydrogen-bond donors (Lipinski definition) is 1. The predicted octanol–water partition coefficient (Wildman–Crippen LogP) is 3.06. The lowest BCUT2D eigenvalue weighted by molar-refractivity contribution is 0.0945. The molecule has 1 aliphatic heterocycles. The van der Waals surface area contributed by atoms with E-state index in [0.717, 1.165) is 33.9 Å². The van der Waals surface area contributed by atoms with Gasteiger partial charge in [0.2, 0.25) is 6.79 Å². The number of rotatable bonds is 5. The molecule has 0 bridgehead atoms. The second-order valence-electron chi connectivity index (χ2n) is 6.61. The van der Waals surface area contributed by atoms with Crippen LogP contribution in [0, 0.1) is 6.92 Å². The Kier molecular flexibility index (Phi) is 4.65. The number of amides is 1. The Morgan fingerprint density at radius 2 is 2.00 bits per heavy atom. The molecule has 0 atom stereocenters. The number of nitrogens with zero attached hydrogens (tertiary/aromatic N) is 2. The van der Waals surface area contributed by atoms with E-state index in [1.165, 1.54) is 0 Å². The van der Waals surface area contributed by atoms with Crippen molar-refractivity contribution in [2.75, 3.05) is 13.9 Å². The summed E-state index contributed by atoms with van der Waals surface area (Å²) >= 11 is 0. The zero-order valence-corrected chi connectivity index (χ0v) is 16.0. The van der Waals surface area contributed by atoms with Gasteiger partial charge >= 0.3 is 0 Å². The molecule has 7 nitrogen and oxygen atoms in total. The van der Waals surface area contributed by atoms with Crippen molar-refractivity contribution in [2.45, 2.75) is 13.5 Å². The third kappa shape index (κ3) is 3.38. The Morgan fingerprint density at radius 1 is 1.18 bits per heavy atom. The van der Waals surface area contributed by atoms with Crippen LogP contribution in [0.2, 0.25) is 0 Å². The van der Waals surface area contributed by atoms with Gasteiger partial charge in [0.15, 0.2) is 17.2 Å². The maximum Gasteiger partial charge on any atom is 0.272 e. The Balaban J connectivity index is 1.52. The van der Waals surface area contributed by atoms with Crippen LogP contribution in [0.3, 0.4) is 0 Å². The molecular formula is C21H21N3O4. The zero-order chi connectivity index (χ0) is 19.7. The van der Waals surface area contributed by atoms with Gasteiger partial charge in [0.1, 0.15) is 5.75 Å². The van der Waals surface area contributed by atoms with Crippen molar-refractivity contribution in [2.24, 2.45) is 7.05 Å². The van der Waals surface area contributed by atoms with E-state index in [-0.39, 0.29) is 12.7 Å². The van der Waals surface area contributed by atoms with Gasteiger partial charge in [-0.2, -0.15) is 5.10 Å². The van der Waals surface area contributed by atoms with Crippen molar-refractivity contribution < 1.29 is 19.0 Å². The molecule has 1 aliphatic rings. The first-order valence-electron chi connectivity index (χ1n) is 8.91.